The molecule has 5 heteroatoms. The Morgan fingerprint density at radius 1 is 1.65 bits per heavy atom. The van der Waals surface area contributed by atoms with Gasteiger partial charge in [-0.05, 0) is 25.8 Å². The summed E-state index contributed by atoms with van der Waals surface area (Å²) in [5.74, 6) is 5.68. The number of aliphatic hydroxyl groups is 1. The number of hydrogen-bond acceptors (Lipinski definition) is 4. The van der Waals surface area contributed by atoms with Gasteiger partial charge in [0.1, 0.15) is 0 Å². The number of nitrogens with one attached hydrogen (secondary N) is 1. The van der Waals surface area contributed by atoms with Gasteiger partial charge in [-0.3, -0.25) is 4.79 Å². The van der Waals surface area contributed by atoms with E-state index >= 15 is 0 Å². The first-order valence-corrected chi connectivity index (χ1v) is 7.61. The minimum absolute atomic E-state index is 0.0598. The van der Waals surface area contributed by atoms with Gasteiger partial charge in [-0.25, -0.2) is 0 Å². The van der Waals surface area contributed by atoms with Crippen molar-refractivity contribution in [2.45, 2.75) is 31.8 Å². The Morgan fingerprint density at radius 2 is 2.50 bits per heavy atom. The quantitative estimate of drug-likeness (QED) is 0.832. The average molecular weight is 293 g/mol. The van der Waals surface area contributed by atoms with Gasteiger partial charge < -0.3 is 15.2 Å². The molecule has 108 valence electrons. The van der Waals surface area contributed by atoms with Crippen LogP contribution < -0.4 is 5.32 Å². The van der Waals surface area contributed by atoms with Crippen molar-refractivity contribution in [2.75, 3.05) is 19.8 Å². The Bertz CT molecular complexity index is 521. The molecule has 0 aromatic carbocycles. The van der Waals surface area contributed by atoms with E-state index in [1.165, 1.54) is 11.3 Å². The van der Waals surface area contributed by atoms with Crippen LogP contribution in [0.2, 0.25) is 0 Å². The van der Waals surface area contributed by atoms with E-state index in [4.69, 9.17) is 9.84 Å². The third kappa shape index (κ3) is 4.07. The van der Waals surface area contributed by atoms with Crippen LogP contribution in [-0.2, 0) is 4.74 Å². The van der Waals surface area contributed by atoms with Gasteiger partial charge in [0.05, 0.1) is 22.6 Å². The maximum atomic E-state index is 12.0. The number of aliphatic hydroxyl groups excluding tert-OH is 1. The number of hydrogen-bond donors (Lipinski definition) is 2. The van der Waals surface area contributed by atoms with Gasteiger partial charge in [0.25, 0.3) is 5.91 Å². The lowest BCUT2D eigenvalue weighted by atomic mass is 10.0. The molecule has 1 amide bonds. The van der Waals surface area contributed by atoms with E-state index in [0.29, 0.717) is 18.5 Å². The zero-order chi connectivity index (χ0) is 14.4. The molecule has 2 N–H and O–H groups in total. The third-order valence-electron chi connectivity index (χ3n) is 3.23. The van der Waals surface area contributed by atoms with Crippen LogP contribution in [0.25, 0.3) is 0 Å². The van der Waals surface area contributed by atoms with Crippen molar-refractivity contribution in [3.05, 3.63) is 21.9 Å². The smallest absolute Gasteiger partial charge is 0.252 e. The molecule has 2 rings (SSSR count). The second kappa shape index (κ2) is 6.89. The lowest BCUT2D eigenvalue weighted by Crippen LogP contribution is -2.39. The molecule has 1 fully saturated rings. The number of carbonyl (C=O) groups excluding carboxylic acids is 1. The lowest BCUT2D eigenvalue weighted by Gasteiger charge is -2.23. The minimum atomic E-state index is -0.227. The summed E-state index contributed by atoms with van der Waals surface area (Å²) in [4.78, 5) is 12.9. The monoisotopic (exact) mass is 293 g/mol. The van der Waals surface area contributed by atoms with Crippen LogP contribution in [0.3, 0.4) is 0 Å². The molecule has 0 aliphatic carbocycles. The second-order valence-electron chi connectivity index (χ2n) is 5.06. The molecule has 1 saturated heterocycles. The molecule has 20 heavy (non-hydrogen) atoms. The van der Waals surface area contributed by atoms with Crippen molar-refractivity contribution < 1.29 is 14.6 Å². The molecule has 4 nitrogen and oxygen atoms in total. The maximum absolute atomic E-state index is 12.0. The fourth-order valence-electron chi connectivity index (χ4n) is 2.07. The maximum Gasteiger partial charge on any atom is 0.252 e. The van der Waals surface area contributed by atoms with Crippen LogP contribution in [0.4, 0.5) is 0 Å². The van der Waals surface area contributed by atoms with E-state index in [0.717, 1.165) is 24.3 Å². The number of thiophene rings is 1. The predicted molar refractivity (Wildman–Crippen MR) is 78.8 cm³/mol. The number of amides is 1. The molecule has 0 bridgehead atoms. The predicted octanol–water partition coefficient (Wildman–Crippen LogP) is 1.78. The van der Waals surface area contributed by atoms with Gasteiger partial charge in [-0.15, -0.1) is 11.3 Å². The fraction of sp³-hybridized carbons (Fsp3) is 0.533. The highest BCUT2D eigenvalue weighted by Crippen LogP contribution is 2.24. The second-order valence-corrected chi connectivity index (χ2v) is 5.97. The van der Waals surface area contributed by atoms with Crippen LogP contribution in [0.15, 0.2) is 11.4 Å². The molecule has 1 aliphatic heterocycles. The first-order chi connectivity index (χ1) is 9.63. The first-order valence-electron chi connectivity index (χ1n) is 6.73. The van der Waals surface area contributed by atoms with Crippen molar-refractivity contribution in [3.63, 3.8) is 0 Å². The molecule has 1 aliphatic rings. The van der Waals surface area contributed by atoms with E-state index in [9.17, 15) is 4.79 Å². The normalized spacial score (nSPS) is 21.3. The van der Waals surface area contributed by atoms with Crippen LogP contribution in [0, 0.1) is 11.8 Å². The molecule has 0 spiro atoms. The number of ether oxygens (including phenoxy) is 1. The molecular weight excluding hydrogens is 274 g/mol. The first kappa shape index (κ1) is 15.0. The molecule has 1 unspecified atom stereocenters. The summed E-state index contributed by atoms with van der Waals surface area (Å²) in [6.45, 7) is 3.40. The topological polar surface area (TPSA) is 58.6 Å². The fourth-order valence-corrected chi connectivity index (χ4v) is 2.83. The Kier molecular flexibility index (Phi) is 5.18. The molecule has 2 heterocycles. The largest absolute Gasteiger partial charge is 0.395 e. The van der Waals surface area contributed by atoms with Gasteiger partial charge in [0.15, 0.2) is 0 Å². The van der Waals surface area contributed by atoms with E-state index in [2.05, 4.69) is 17.2 Å². The summed E-state index contributed by atoms with van der Waals surface area (Å²) in [7, 11) is 0. The van der Waals surface area contributed by atoms with Gasteiger partial charge in [0, 0.05) is 25.0 Å². The van der Waals surface area contributed by atoms with E-state index < -0.39 is 0 Å². The van der Waals surface area contributed by atoms with Gasteiger partial charge >= 0.3 is 0 Å². The third-order valence-corrected chi connectivity index (χ3v) is 4.08. The molecule has 1 aromatic rings. The summed E-state index contributed by atoms with van der Waals surface area (Å²) >= 11 is 1.44. The van der Waals surface area contributed by atoms with Crippen LogP contribution >= 0.6 is 11.3 Å². The van der Waals surface area contributed by atoms with Crippen molar-refractivity contribution in [3.8, 4) is 11.8 Å². The summed E-state index contributed by atoms with van der Waals surface area (Å²) in [6.07, 6.45) is 2.49. The standard InChI is InChI=1S/C15H19NO3S/c1-15(6-4-8-19-15)11-16-14(18)12-9-13(20-10-12)5-2-3-7-17/h9-10,17H,3-4,6-8,11H2,1H3,(H,16,18). The van der Waals surface area contributed by atoms with E-state index in [1.54, 1.807) is 11.4 Å². The summed E-state index contributed by atoms with van der Waals surface area (Å²) < 4.78 is 5.64. The van der Waals surface area contributed by atoms with Gasteiger partial charge in [-0.1, -0.05) is 11.8 Å². The SMILES string of the molecule is CC1(CNC(=O)c2csc(C#CCCO)c2)CCCO1. The highest BCUT2D eigenvalue weighted by molar-refractivity contribution is 7.10. The average Bonchev–Trinajstić information content (AvgIpc) is 3.06. The molecule has 0 saturated carbocycles. The zero-order valence-electron chi connectivity index (χ0n) is 11.6. The Morgan fingerprint density at radius 3 is 3.20 bits per heavy atom. The lowest BCUT2D eigenvalue weighted by molar-refractivity contribution is 0.0206. The summed E-state index contributed by atoms with van der Waals surface area (Å²) in [6, 6.07) is 1.78. The number of rotatable bonds is 4. The van der Waals surface area contributed by atoms with Crippen molar-refractivity contribution in [1.82, 2.24) is 5.32 Å². The van der Waals surface area contributed by atoms with Crippen molar-refractivity contribution in [2.24, 2.45) is 0 Å². The van der Waals surface area contributed by atoms with Crippen LogP contribution in [0.5, 0.6) is 0 Å². The molecule has 1 aromatic heterocycles. The van der Waals surface area contributed by atoms with E-state index in [1.807, 2.05) is 6.92 Å². The van der Waals surface area contributed by atoms with Crippen LogP contribution in [0.1, 0.15) is 41.4 Å². The van der Waals surface area contributed by atoms with Gasteiger partial charge in [0.2, 0.25) is 0 Å². The van der Waals surface area contributed by atoms with Crippen molar-refractivity contribution in [1.29, 1.82) is 0 Å². The van der Waals surface area contributed by atoms with Gasteiger partial charge in [-0.2, -0.15) is 0 Å². The summed E-state index contributed by atoms with van der Waals surface area (Å²) in [5.41, 5.74) is 0.403. The minimum Gasteiger partial charge on any atom is -0.395 e. The van der Waals surface area contributed by atoms with E-state index in [-0.39, 0.29) is 18.1 Å². The Labute approximate surface area is 123 Å². The Hall–Kier alpha value is -1.35. The number of carbonyl (C=O) groups is 1. The molecular formula is C15H19NO3S. The zero-order valence-corrected chi connectivity index (χ0v) is 12.4. The molecule has 0 radical (unpaired) electrons. The van der Waals surface area contributed by atoms with Crippen molar-refractivity contribution >= 4 is 17.2 Å². The highest BCUT2D eigenvalue weighted by Gasteiger charge is 2.30. The molecule has 1 atom stereocenters. The summed E-state index contributed by atoms with van der Waals surface area (Å²) in [5, 5.41) is 13.4. The van der Waals surface area contributed by atoms with Crippen LogP contribution in [-0.4, -0.2) is 36.4 Å². The highest BCUT2D eigenvalue weighted by atomic mass is 32.1. The Balaban J connectivity index is 1.88.